The Kier molecular flexibility index (Phi) is 3.82. The zero-order valence-electron chi connectivity index (χ0n) is 11.7. The van der Waals surface area contributed by atoms with Crippen LogP contribution in [0.5, 0.6) is 5.75 Å². The lowest BCUT2D eigenvalue weighted by Crippen LogP contribution is -2.08. The Morgan fingerprint density at radius 2 is 2.18 bits per heavy atom. The number of aryl methyl sites for hydroxylation is 1. The minimum absolute atomic E-state index is 0.196. The van der Waals surface area contributed by atoms with Crippen LogP contribution in [-0.4, -0.2) is 16.0 Å². The maximum atomic E-state index is 11.3. The summed E-state index contributed by atoms with van der Waals surface area (Å²) in [5.41, 5.74) is 7.79. The SMILES string of the molecule is Cc1sc(C(N)=O)cc1-c1csc(Nc2cccc(O)c2)n1. The summed E-state index contributed by atoms with van der Waals surface area (Å²) in [6.07, 6.45) is 0. The Bertz CT molecular complexity index is 839. The first kappa shape index (κ1) is 14.6. The van der Waals surface area contributed by atoms with Crippen molar-refractivity contribution in [2.24, 2.45) is 5.73 Å². The molecule has 0 saturated carbocycles. The highest BCUT2D eigenvalue weighted by molar-refractivity contribution is 7.15. The highest BCUT2D eigenvalue weighted by Crippen LogP contribution is 2.33. The molecule has 1 amide bonds. The second-order valence-corrected chi connectivity index (χ2v) is 6.77. The van der Waals surface area contributed by atoms with Crippen molar-refractivity contribution in [1.82, 2.24) is 4.98 Å². The summed E-state index contributed by atoms with van der Waals surface area (Å²) in [4.78, 5) is 17.3. The average molecular weight is 331 g/mol. The van der Waals surface area contributed by atoms with Crippen LogP contribution in [0.2, 0.25) is 0 Å². The van der Waals surface area contributed by atoms with Crippen LogP contribution in [0, 0.1) is 6.92 Å². The van der Waals surface area contributed by atoms with Gasteiger partial charge in [-0.15, -0.1) is 22.7 Å². The van der Waals surface area contributed by atoms with E-state index >= 15 is 0 Å². The van der Waals surface area contributed by atoms with E-state index in [0.29, 0.717) is 10.0 Å². The molecule has 0 saturated heterocycles. The van der Waals surface area contributed by atoms with Crippen LogP contribution in [0.15, 0.2) is 35.7 Å². The molecule has 112 valence electrons. The van der Waals surface area contributed by atoms with Crippen molar-refractivity contribution < 1.29 is 9.90 Å². The van der Waals surface area contributed by atoms with E-state index in [1.165, 1.54) is 22.7 Å². The summed E-state index contributed by atoms with van der Waals surface area (Å²) in [6, 6.07) is 8.62. The van der Waals surface area contributed by atoms with E-state index < -0.39 is 5.91 Å². The molecular formula is C15H13N3O2S2. The largest absolute Gasteiger partial charge is 0.508 e. The van der Waals surface area contributed by atoms with Crippen molar-refractivity contribution in [3.63, 3.8) is 0 Å². The maximum absolute atomic E-state index is 11.3. The van der Waals surface area contributed by atoms with E-state index in [-0.39, 0.29) is 5.75 Å². The lowest BCUT2D eigenvalue weighted by atomic mass is 10.2. The zero-order valence-corrected chi connectivity index (χ0v) is 13.3. The number of hydrogen-bond acceptors (Lipinski definition) is 6. The number of aromatic nitrogens is 1. The van der Waals surface area contributed by atoms with Gasteiger partial charge in [0.25, 0.3) is 5.91 Å². The molecule has 7 heteroatoms. The van der Waals surface area contributed by atoms with Gasteiger partial charge < -0.3 is 16.2 Å². The maximum Gasteiger partial charge on any atom is 0.258 e. The number of thiophene rings is 1. The van der Waals surface area contributed by atoms with Crippen LogP contribution in [0.4, 0.5) is 10.8 Å². The molecule has 0 atom stereocenters. The smallest absolute Gasteiger partial charge is 0.258 e. The summed E-state index contributed by atoms with van der Waals surface area (Å²) >= 11 is 2.83. The molecule has 4 N–H and O–H groups in total. The number of benzene rings is 1. The first-order chi connectivity index (χ1) is 10.5. The summed E-state index contributed by atoms with van der Waals surface area (Å²) < 4.78 is 0. The van der Waals surface area contributed by atoms with Crippen LogP contribution >= 0.6 is 22.7 Å². The van der Waals surface area contributed by atoms with Crippen molar-refractivity contribution in [1.29, 1.82) is 0 Å². The minimum Gasteiger partial charge on any atom is -0.508 e. The Balaban J connectivity index is 1.86. The van der Waals surface area contributed by atoms with E-state index in [4.69, 9.17) is 5.73 Å². The van der Waals surface area contributed by atoms with E-state index in [1.807, 2.05) is 18.4 Å². The van der Waals surface area contributed by atoms with Crippen molar-refractivity contribution in [2.75, 3.05) is 5.32 Å². The highest BCUT2D eigenvalue weighted by atomic mass is 32.1. The number of phenolic OH excluding ortho intramolecular Hbond substituents is 1. The summed E-state index contributed by atoms with van der Waals surface area (Å²) in [5.74, 6) is -0.228. The number of thiazole rings is 1. The number of carbonyl (C=O) groups excluding carboxylic acids is 1. The number of nitrogens with two attached hydrogens (primary N) is 1. The van der Waals surface area contributed by atoms with Gasteiger partial charge in [0.05, 0.1) is 10.6 Å². The Morgan fingerprint density at radius 3 is 2.86 bits per heavy atom. The number of rotatable bonds is 4. The summed E-state index contributed by atoms with van der Waals surface area (Å²) in [6.45, 7) is 1.94. The van der Waals surface area contributed by atoms with Crippen LogP contribution in [0.25, 0.3) is 11.3 Å². The first-order valence-corrected chi connectivity index (χ1v) is 8.15. The molecule has 1 aromatic carbocycles. The van der Waals surface area contributed by atoms with Gasteiger partial charge in [0, 0.05) is 27.6 Å². The number of primary amides is 1. The van der Waals surface area contributed by atoms with Crippen molar-refractivity contribution in [2.45, 2.75) is 6.92 Å². The number of nitrogens with zero attached hydrogens (tertiary/aromatic N) is 1. The van der Waals surface area contributed by atoms with Crippen molar-refractivity contribution in [3.8, 4) is 17.0 Å². The topological polar surface area (TPSA) is 88.2 Å². The molecule has 0 aliphatic heterocycles. The Hall–Kier alpha value is -2.38. The Morgan fingerprint density at radius 1 is 1.36 bits per heavy atom. The second-order valence-electron chi connectivity index (χ2n) is 4.66. The van der Waals surface area contributed by atoms with E-state index in [2.05, 4.69) is 10.3 Å². The number of anilines is 2. The molecule has 0 spiro atoms. The third-order valence-corrected chi connectivity index (χ3v) is 4.86. The molecule has 22 heavy (non-hydrogen) atoms. The Labute approximate surface area is 135 Å². The van der Waals surface area contributed by atoms with Crippen molar-refractivity contribution in [3.05, 3.63) is 45.5 Å². The third-order valence-electron chi connectivity index (χ3n) is 3.04. The molecule has 0 bridgehead atoms. The number of nitrogens with one attached hydrogen (secondary N) is 1. The number of carbonyl (C=O) groups is 1. The van der Waals surface area contributed by atoms with E-state index in [1.54, 1.807) is 24.3 Å². The molecule has 0 aliphatic rings. The molecule has 2 heterocycles. The van der Waals surface area contributed by atoms with Gasteiger partial charge in [-0.25, -0.2) is 4.98 Å². The number of aromatic hydroxyl groups is 1. The lowest BCUT2D eigenvalue weighted by Gasteiger charge is -2.02. The van der Waals surface area contributed by atoms with Crippen LogP contribution < -0.4 is 11.1 Å². The molecule has 2 aromatic heterocycles. The zero-order chi connectivity index (χ0) is 15.7. The lowest BCUT2D eigenvalue weighted by molar-refractivity contribution is 0.100. The molecule has 3 rings (SSSR count). The monoisotopic (exact) mass is 331 g/mol. The average Bonchev–Trinajstić information content (AvgIpc) is 3.05. The van der Waals surface area contributed by atoms with Gasteiger partial charge in [-0.2, -0.15) is 0 Å². The van der Waals surface area contributed by atoms with Crippen molar-refractivity contribution >= 4 is 39.4 Å². The number of phenols is 1. The predicted octanol–water partition coefficient (Wildman–Crippen LogP) is 3.73. The number of hydrogen-bond donors (Lipinski definition) is 3. The fraction of sp³-hybridized carbons (Fsp3) is 0.0667. The predicted molar refractivity (Wildman–Crippen MR) is 90.1 cm³/mol. The summed E-state index contributed by atoms with van der Waals surface area (Å²) in [7, 11) is 0. The van der Waals surface area contributed by atoms with E-state index in [0.717, 1.165) is 21.8 Å². The van der Waals surface area contributed by atoms with Crippen LogP contribution in [-0.2, 0) is 0 Å². The van der Waals surface area contributed by atoms with Gasteiger partial charge >= 0.3 is 0 Å². The first-order valence-electron chi connectivity index (χ1n) is 6.45. The van der Waals surface area contributed by atoms with Gasteiger partial charge in [0.1, 0.15) is 5.75 Å². The van der Waals surface area contributed by atoms with Gasteiger partial charge in [0.15, 0.2) is 5.13 Å². The molecule has 0 fully saturated rings. The third kappa shape index (κ3) is 2.95. The second kappa shape index (κ2) is 5.78. The van der Waals surface area contributed by atoms with E-state index in [9.17, 15) is 9.90 Å². The van der Waals surface area contributed by atoms with Gasteiger partial charge in [-0.3, -0.25) is 4.79 Å². The minimum atomic E-state index is -0.423. The fourth-order valence-electron chi connectivity index (χ4n) is 2.02. The standard InChI is InChI=1S/C15H13N3O2S2/c1-8-11(6-13(22-8)14(16)20)12-7-21-15(18-12)17-9-3-2-4-10(19)5-9/h2-7,19H,1H3,(H2,16,20)(H,17,18). The van der Waals surface area contributed by atoms with Crippen LogP contribution in [0.3, 0.4) is 0 Å². The molecule has 0 unspecified atom stereocenters. The number of amides is 1. The molecule has 0 radical (unpaired) electrons. The van der Waals surface area contributed by atoms with Crippen LogP contribution in [0.1, 0.15) is 14.5 Å². The normalized spacial score (nSPS) is 10.6. The van der Waals surface area contributed by atoms with Gasteiger partial charge in [-0.05, 0) is 25.1 Å². The summed E-state index contributed by atoms with van der Waals surface area (Å²) in [5, 5.41) is 15.2. The molecular weight excluding hydrogens is 318 g/mol. The fourth-order valence-corrected chi connectivity index (χ4v) is 3.63. The highest BCUT2D eigenvalue weighted by Gasteiger charge is 2.14. The molecule has 5 nitrogen and oxygen atoms in total. The van der Waals surface area contributed by atoms with Gasteiger partial charge in [-0.1, -0.05) is 6.07 Å². The quantitative estimate of drug-likeness (QED) is 0.679. The molecule has 3 aromatic rings. The molecule has 0 aliphatic carbocycles. The van der Waals surface area contributed by atoms with Gasteiger partial charge in [0.2, 0.25) is 0 Å².